The maximum atomic E-state index is 12.4. The van der Waals surface area contributed by atoms with E-state index in [0.717, 1.165) is 22.9 Å². The quantitative estimate of drug-likeness (QED) is 0.751. The Labute approximate surface area is 148 Å². The van der Waals surface area contributed by atoms with Crippen molar-refractivity contribution in [1.29, 1.82) is 0 Å². The van der Waals surface area contributed by atoms with Gasteiger partial charge in [0.15, 0.2) is 0 Å². The number of carbonyl (C=O) groups excluding carboxylic acids is 2. The van der Waals surface area contributed by atoms with Crippen LogP contribution in [0.4, 0.5) is 0 Å². The number of amides is 2. The molecule has 2 heterocycles. The number of imide groups is 1. The minimum atomic E-state index is -0.216. The minimum absolute atomic E-state index is 0.0262. The first kappa shape index (κ1) is 15.5. The largest absolute Gasteiger partial charge is 0.368 e. The van der Waals surface area contributed by atoms with Crippen molar-refractivity contribution in [3.05, 3.63) is 69.7 Å². The molecule has 2 atom stereocenters. The maximum absolute atomic E-state index is 12.4. The molecule has 2 aromatic carbocycles. The highest BCUT2D eigenvalue weighted by Gasteiger charge is 2.38. The number of nitrogens with zero attached hydrogens (tertiary/aromatic N) is 1. The third kappa shape index (κ3) is 2.68. The highest BCUT2D eigenvalue weighted by molar-refractivity contribution is 9.10. The van der Waals surface area contributed by atoms with Gasteiger partial charge < -0.3 is 4.74 Å². The van der Waals surface area contributed by atoms with Crippen LogP contribution in [0.15, 0.2) is 53.0 Å². The second-order valence-electron chi connectivity index (χ2n) is 6.14. The summed E-state index contributed by atoms with van der Waals surface area (Å²) in [6.45, 7) is 0.319. The monoisotopic (exact) mass is 385 g/mol. The molecular formula is C19H16BrNO3. The summed E-state index contributed by atoms with van der Waals surface area (Å²) in [5, 5.41) is 0. The molecule has 2 aliphatic heterocycles. The van der Waals surface area contributed by atoms with E-state index in [1.807, 2.05) is 24.3 Å². The summed E-state index contributed by atoms with van der Waals surface area (Å²) in [5.74, 6) is -0.433. The van der Waals surface area contributed by atoms with Crippen molar-refractivity contribution in [1.82, 2.24) is 4.90 Å². The lowest BCUT2D eigenvalue weighted by molar-refractivity contribution is 0.0216. The van der Waals surface area contributed by atoms with Crippen molar-refractivity contribution in [3.63, 3.8) is 0 Å². The van der Waals surface area contributed by atoms with Gasteiger partial charge in [-0.1, -0.05) is 40.2 Å². The van der Waals surface area contributed by atoms with Crippen molar-refractivity contribution < 1.29 is 14.3 Å². The van der Waals surface area contributed by atoms with Gasteiger partial charge in [0.2, 0.25) is 0 Å². The third-order valence-electron chi connectivity index (χ3n) is 4.61. The minimum Gasteiger partial charge on any atom is -0.368 e. The molecule has 4 nitrogen and oxygen atoms in total. The Bertz CT molecular complexity index is 768. The molecule has 2 aliphatic rings. The number of rotatable bonds is 3. The van der Waals surface area contributed by atoms with Crippen LogP contribution in [0.1, 0.15) is 45.2 Å². The van der Waals surface area contributed by atoms with Gasteiger partial charge in [0.1, 0.15) is 0 Å². The number of halogens is 1. The van der Waals surface area contributed by atoms with Gasteiger partial charge in [0.05, 0.1) is 29.9 Å². The molecule has 1 saturated heterocycles. The van der Waals surface area contributed by atoms with Crippen LogP contribution >= 0.6 is 15.9 Å². The highest BCUT2D eigenvalue weighted by Crippen LogP contribution is 2.34. The third-order valence-corrected chi connectivity index (χ3v) is 5.14. The van der Waals surface area contributed by atoms with Gasteiger partial charge in [0, 0.05) is 4.47 Å². The Kier molecular flexibility index (Phi) is 3.98. The first-order chi connectivity index (χ1) is 11.6. The molecule has 122 valence electrons. The summed E-state index contributed by atoms with van der Waals surface area (Å²) in [7, 11) is 0. The van der Waals surface area contributed by atoms with Crippen LogP contribution in [0.25, 0.3) is 0 Å². The average Bonchev–Trinajstić information content (AvgIpc) is 3.16. The van der Waals surface area contributed by atoms with Crippen LogP contribution in [-0.2, 0) is 4.74 Å². The zero-order chi connectivity index (χ0) is 16.7. The number of carbonyl (C=O) groups is 2. The molecule has 4 rings (SSSR count). The van der Waals surface area contributed by atoms with E-state index < -0.39 is 0 Å². The smallest absolute Gasteiger partial charge is 0.261 e. The molecule has 0 radical (unpaired) electrons. The molecule has 0 bridgehead atoms. The molecule has 24 heavy (non-hydrogen) atoms. The fourth-order valence-corrected chi connectivity index (χ4v) is 3.64. The Morgan fingerprint density at radius 3 is 2.21 bits per heavy atom. The fraction of sp³-hybridized carbons (Fsp3) is 0.263. The summed E-state index contributed by atoms with van der Waals surface area (Å²) in [5.41, 5.74) is 2.11. The Balaban J connectivity index is 1.45. The van der Waals surface area contributed by atoms with E-state index in [4.69, 9.17) is 4.74 Å². The molecular weight excluding hydrogens is 370 g/mol. The second-order valence-corrected chi connectivity index (χ2v) is 7.06. The normalized spacial score (nSPS) is 23.0. The molecule has 5 heteroatoms. The summed E-state index contributed by atoms with van der Waals surface area (Å²) in [6, 6.07) is 15.0. The number of fused-ring (bicyclic) bond motifs is 1. The van der Waals surface area contributed by atoms with Crippen molar-refractivity contribution >= 4 is 27.7 Å². The lowest BCUT2D eigenvalue weighted by atomic mass is 10.1. The van der Waals surface area contributed by atoms with E-state index in [0.29, 0.717) is 17.7 Å². The summed E-state index contributed by atoms with van der Waals surface area (Å²) < 4.78 is 7.12. The molecule has 2 aromatic rings. The van der Waals surface area contributed by atoms with Crippen LogP contribution in [-0.4, -0.2) is 29.4 Å². The zero-order valence-corrected chi connectivity index (χ0v) is 14.5. The van der Waals surface area contributed by atoms with Crippen molar-refractivity contribution in [2.45, 2.75) is 25.0 Å². The molecule has 0 spiro atoms. The summed E-state index contributed by atoms with van der Waals surface area (Å²) in [4.78, 5) is 26.2. The standard InChI is InChI=1S/C19H16BrNO3/c20-13-7-5-12(6-8-13)17-10-9-14(24-17)11-21-18(22)15-3-1-2-4-16(15)19(21)23/h1-8,14,17H,9-11H2. The van der Waals surface area contributed by atoms with E-state index in [-0.39, 0.29) is 24.0 Å². The van der Waals surface area contributed by atoms with Crippen molar-refractivity contribution in [3.8, 4) is 0 Å². The summed E-state index contributed by atoms with van der Waals surface area (Å²) in [6.07, 6.45) is 1.66. The van der Waals surface area contributed by atoms with Crippen LogP contribution in [0, 0.1) is 0 Å². The van der Waals surface area contributed by atoms with Gasteiger partial charge in [-0.15, -0.1) is 0 Å². The number of ether oxygens (including phenoxy) is 1. The predicted octanol–water partition coefficient (Wildman–Crippen LogP) is 3.97. The molecule has 2 unspecified atom stereocenters. The van der Waals surface area contributed by atoms with Crippen molar-refractivity contribution in [2.75, 3.05) is 6.54 Å². The summed E-state index contributed by atoms with van der Waals surface area (Å²) >= 11 is 3.43. The molecule has 2 amide bonds. The van der Waals surface area contributed by atoms with E-state index in [2.05, 4.69) is 15.9 Å². The lowest BCUT2D eigenvalue weighted by Crippen LogP contribution is -2.36. The van der Waals surface area contributed by atoms with E-state index >= 15 is 0 Å². The number of hydrogen-bond acceptors (Lipinski definition) is 3. The first-order valence-corrected chi connectivity index (χ1v) is 8.79. The van der Waals surface area contributed by atoms with E-state index in [9.17, 15) is 9.59 Å². The molecule has 0 aromatic heterocycles. The molecule has 1 fully saturated rings. The Morgan fingerprint density at radius 2 is 1.58 bits per heavy atom. The molecule has 0 N–H and O–H groups in total. The van der Waals surface area contributed by atoms with Crippen LogP contribution in [0.3, 0.4) is 0 Å². The van der Waals surface area contributed by atoms with Gasteiger partial charge >= 0.3 is 0 Å². The van der Waals surface area contributed by atoms with Gasteiger partial charge in [-0.2, -0.15) is 0 Å². The van der Waals surface area contributed by atoms with Crippen LogP contribution < -0.4 is 0 Å². The number of benzene rings is 2. The molecule has 0 aliphatic carbocycles. The SMILES string of the molecule is O=C1c2ccccc2C(=O)N1CC1CCC(c2ccc(Br)cc2)O1. The number of hydrogen-bond donors (Lipinski definition) is 0. The fourth-order valence-electron chi connectivity index (χ4n) is 3.37. The zero-order valence-electron chi connectivity index (χ0n) is 12.9. The van der Waals surface area contributed by atoms with Crippen LogP contribution in [0.5, 0.6) is 0 Å². The topological polar surface area (TPSA) is 46.6 Å². The average molecular weight is 386 g/mol. The Morgan fingerprint density at radius 1 is 0.958 bits per heavy atom. The van der Waals surface area contributed by atoms with Gasteiger partial charge in [-0.3, -0.25) is 14.5 Å². The molecule has 0 saturated carbocycles. The van der Waals surface area contributed by atoms with Crippen molar-refractivity contribution in [2.24, 2.45) is 0 Å². The van der Waals surface area contributed by atoms with Gasteiger partial charge in [0.25, 0.3) is 11.8 Å². The van der Waals surface area contributed by atoms with Gasteiger partial charge in [-0.25, -0.2) is 0 Å². The second kappa shape index (κ2) is 6.15. The first-order valence-electron chi connectivity index (χ1n) is 7.99. The van der Waals surface area contributed by atoms with Gasteiger partial charge in [-0.05, 0) is 42.7 Å². The maximum Gasteiger partial charge on any atom is 0.261 e. The Hall–Kier alpha value is -1.98. The van der Waals surface area contributed by atoms with E-state index in [1.54, 1.807) is 24.3 Å². The van der Waals surface area contributed by atoms with Crippen LogP contribution in [0.2, 0.25) is 0 Å². The lowest BCUT2D eigenvalue weighted by Gasteiger charge is -2.19. The highest BCUT2D eigenvalue weighted by atomic mass is 79.9. The predicted molar refractivity (Wildman–Crippen MR) is 92.8 cm³/mol. The van der Waals surface area contributed by atoms with E-state index in [1.165, 1.54) is 4.90 Å².